The molecule has 0 bridgehead atoms. The third kappa shape index (κ3) is 5.14. The number of rotatable bonds is 7. The summed E-state index contributed by atoms with van der Waals surface area (Å²) in [7, 11) is 0. The molecule has 126 valence electrons. The van der Waals surface area contributed by atoms with Gasteiger partial charge in [-0.1, -0.05) is 12.1 Å². The second-order valence-corrected chi connectivity index (χ2v) is 5.56. The van der Waals surface area contributed by atoms with Crippen molar-refractivity contribution in [3.05, 3.63) is 24.3 Å². The van der Waals surface area contributed by atoms with Crippen LogP contribution < -0.4 is 25.6 Å². The van der Waals surface area contributed by atoms with Gasteiger partial charge in [-0.15, -0.1) is 0 Å². The van der Waals surface area contributed by atoms with E-state index >= 15 is 0 Å². The number of nitrogens with zero attached hydrogens (tertiary/aromatic N) is 1. The van der Waals surface area contributed by atoms with Crippen molar-refractivity contribution in [2.75, 3.05) is 50.8 Å². The van der Waals surface area contributed by atoms with Crippen molar-refractivity contribution in [2.24, 2.45) is 5.73 Å². The van der Waals surface area contributed by atoms with Crippen molar-refractivity contribution in [3.8, 4) is 5.75 Å². The van der Waals surface area contributed by atoms with Crippen molar-refractivity contribution in [1.29, 1.82) is 0 Å². The number of benzene rings is 1. The number of hydrogen-bond donors (Lipinski definition) is 3. The van der Waals surface area contributed by atoms with Gasteiger partial charge < -0.3 is 25.6 Å². The van der Waals surface area contributed by atoms with Crippen LogP contribution in [-0.2, 0) is 9.59 Å². The minimum Gasteiger partial charge on any atom is -0.492 e. The van der Waals surface area contributed by atoms with E-state index < -0.39 is 5.91 Å². The number of ether oxygens (including phenoxy) is 1. The Labute approximate surface area is 136 Å². The standard InChI is InChI=1S/C16H24N4O3/c1-2-23-14-6-4-3-5-13(14)20-9-7-19(8-10-20)12-16(22)18-11-15(17)21/h3-6H,2,7-12H2,1H3,(H2,17,21)(H,18,22)/p+1. The maximum absolute atomic E-state index is 11.7. The molecule has 7 nitrogen and oxygen atoms in total. The molecule has 0 aromatic heterocycles. The van der Waals surface area contributed by atoms with Gasteiger partial charge in [0.25, 0.3) is 5.91 Å². The first-order valence-corrected chi connectivity index (χ1v) is 7.95. The molecule has 0 unspecified atom stereocenters. The summed E-state index contributed by atoms with van der Waals surface area (Å²) in [5.41, 5.74) is 6.12. The van der Waals surface area contributed by atoms with E-state index in [0.29, 0.717) is 13.2 Å². The summed E-state index contributed by atoms with van der Waals surface area (Å²) in [5.74, 6) is 0.241. The predicted molar refractivity (Wildman–Crippen MR) is 87.6 cm³/mol. The van der Waals surface area contributed by atoms with E-state index in [4.69, 9.17) is 10.5 Å². The zero-order chi connectivity index (χ0) is 16.7. The number of carbonyl (C=O) groups excluding carboxylic acids is 2. The highest BCUT2D eigenvalue weighted by atomic mass is 16.5. The fraction of sp³-hybridized carbons (Fsp3) is 0.500. The number of nitrogens with one attached hydrogen (secondary N) is 2. The molecule has 1 aliphatic rings. The number of primary amides is 1. The Kier molecular flexibility index (Phi) is 6.22. The van der Waals surface area contributed by atoms with Gasteiger partial charge in [-0.25, -0.2) is 0 Å². The van der Waals surface area contributed by atoms with Crippen molar-refractivity contribution in [1.82, 2.24) is 5.32 Å². The van der Waals surface area contributed by atoms with Gasteiger partial charge in [-0.3, -0.25) is 9.59 Å². The minimum atomic E-state index is -0.522. The monoisotopic (exact) mass is 321 g/mol. The lowest BCUT2D eigenvalue weighted by Crippen LogP contribution is -3.16. The molecular formula is C16H25N4O3+. The Morgan fingerprint density at radius 3 is 2.65 bits per heavy atom. The van der Waals surface area contributed by atoms with Crippen LogP contribution in [0, 0.1) is 0 Å². The molecule has 0 saturated carbocycles. The van der Waals surface area contributed by atoms with E-state index in [1.54, 1.807) is 0 Å². The highest BCUT2D eigenvalue weighted by Gasteiger charge is 2.23. The fourth-order valence-corrected chi connectivity index (χ4v) is 2.71. The van der Waals surface area contributed by atoms with Crippen LogP contribution >= 0.6 is 0 Å². The minimum absolute atomic E-state index is 0.0973. The van der Waals surface area contributed by atoms with Crippen LogP contribution in [0.1, 0.15) is 6.92 Å². The van der Waals surface area contributed by atoms with Crippen molar-refractivity contribution >= 4 is 17.5 Å². The van der Waals surface area contributed by atoms with Crippen molar-refractivity contribution in [2.45, 2.75) is 6.92 Å². The molecule has 7 heteroatoms. The summed E-state index contributed by atoms with van der Waals surface area (Å²) in [6.07, 6.45) is 0. The van der Waals surface area contributed by atoms with Gasteiger partial charge in [0, 0.05) is 0 Å². The molecule has 1 saturated heterocycles. The molecule has 1 heterocycles. The van der Waals surface area contributed by atoms with Crippen LogP contribution in [0.4, 0.5) is 5.69 Å². The smallest absolute Gasteiger partial charge is 0.275 e. The Balaban J connectivity index is 1.84. The highest BCUT2D eigenvalue weighted by Crippen LogP contribution is 2.27. The van der Waals surface area contributed by atoms with E-state index in [2.05, 4.69) is 16.3 Å². The molecule has 1 fully saturated rings. The Morgan fingerprint density at radius 2 is 2.00 bits per heavy atom. The first-order valence-electron chi connectivity index (χ1n) is 7.95. The number of nitrogens with two attached hydrogens (primary N) is 1. The largest absolute Gasteiger partial charge is 0.492 e. The van der Waals surface area contributed by atoms with E-state index in [1.165, 1.54) is 4.90 Å². The lowest BCUT2D eigenvalue weighted by atomic mass is 10.2. The third-order valence-electron chi connectivity index (χ3n) is 3.85. The van der Waals surface area contributed by atoms with Gasteiger partial charge >= 0.3 is 0 Å². The third-order valence-corrected chi connectivity index (χ3v) is 3.85. The Hall–Kier alpha value is -2.28. The maximum Gasteiger partial charge on any atom is 0.275 e. The first kappa shape index (κ1) is 17.1. The number of anilines is 1. The van der Waals surface area contributed by atoms with Crippen LogP contribution in [-0.4, -0.2) is 57.7 Å². The lowest BCUT2D eigenvalue weighted by molar-refractivity contribution is -0.892. The van der Waals surface area contributed by atoms with Gasteiger partial charge in [0.15, 0.2) is 6.54 Å². The summed E-state index contributed by atoms with van der Waals surface area (Å²) in [4.78, 5) is 25.9. The van der Waals surface area contributed by atoms with Gasteiger partial charge in [-0.2, -0.15) is 0 Å². The number of hydrogen-bond acceptors (Lipinski definition) is 4. The molecule has 23 heavy (non-hydrogen) atoms. The van der Waals surface area contributed by atoms with Gasteiger partial charge in [0.05, 0.1) is 45.0 Å². The molecule has 1 aliphatic heterocycles. The molecule has 0 spiro atoms. The molecular weight excluding hydrogens is 296 g/mol. The van der Waals surface area contributed by atoms with Gasteiger partial charge in [-0.05, 0) is 19.1 Å². The Bertz CT molecular complexity index is 542. The van der Waals surface area contributed by atoms with Gasteiger partial charge in [0.1, 0.15) is 5.75 Å². The average Bonchev–Trinajstić information content (AvgIpc) is 2.55. The molecule has 0 aliphatic carbocycles. The zero-order valence-corrected chi connectivity index (χ0v) is 13.5. The summed E-state index contributed by atoms with van der Waals surface area (Å²) >= 11 is 0. The highest BCUT2D eigenvalue weighted by molar-refractivity contribution is 5.84. The predicted octanol–water partition coefficient (Wildman–Crippen LogP) is -1.61. The van der Waals surface area contributed by atoms with Crippen LogP contribution in [0.2, 0.25) is 0 Å². The number of para-hydroxylation sites is 2. The molecule has 1 aromatic carbocycles. The number of carbonyl (C=O) groups is 2. The number of quaternary nitrogens is 1. The molecule has 0 atom stereocenters. The zero-order valence-electron chi connectivity index (χ0n) is 13.5. The molecule has 2 rings (SSSR count). The second kappa shape index (κ2) is 8.38. The van der Waals surface area contributed by atoms with Gasteiger partial charge in [0.2, 0.25) is 5.91 Å². The van der Waals surface area contributed by atoms with Crippen LogP contribution in [0.5, 0.6) is 5.75 Å². The summed E-state index contributed by atoms with van der Waals surface area (Å²) < 4.78 is 5.68. The van der Waals surface area contributed by atoms with Crippen LogP contribution in [0.3, 0.4) is 0 Å². The summed E-state index contributed by atoms with van der Waals surface area (Å²) in [6, 6.07) is 8.03. The van der Waals surface area contributed by atoms with Crippen molar-refractivity contribution < 1.29 is 19.2 Å². The SMILES string of the molecule is CCOc1ccccc1N1CC[NH+](CC(=O)NCC(N)=O)CC1. The lowest BCUT2D eigenvalue weighted by Gasteiger charge is -2.34. The van der Waals surface area contributed by atoms with Crippen molar-refractivity contribution in [3.63, 3.8) is 0 Å². The van der Waals surface area contributed by atoms with E-state index in [9.17, 15) is 9.59 Å². The van der Waals surface area contributed by atoms with E-state index in [0.717, 1.165) is 37.6 Å². The number of piperazine rings is 1. The van der Waals surface area contributed by atoms with Crippen LogP contribution in [0.25, 0.3) is 0 Å². The second-order valence-electron chi connectivity index (χ2n) is 5.56. The maximum atomic E-state index is 11.7. The fourth-order valence-electron chi connectivity index (χ4n) is 2.71. The van der Waals surface area contributed by atoms with Crippen LogP contribution in [0.15, 0.2) is 24.3 Å². The molecule has 0 radical (unpaired) electrons. The quantitative estimate of drug-likeness (QED) is 0.564. The summed E-state index contributed by atoms with van der Waals surface area (Å²) in [5, 5.41) is 2.53. The molecule has 4 N–H and O–H groups in total. The molecule has 1 aromatic rings. The van der Waals surface area contributed by atoms with E-state index in [1.807, 2.05) is 25.1 Å². The normalized spacial score (nSPS) is 15.3. The molecule has 2 amide bonds. The topological polar surface area (TPSA) is 89.1 Å². The number of amides is 2. The summed E-state index contributed by atoms with van der Waals surface area (Å²) in [6.45, 7) is 6.35. The first-order chi connectivity index (χ1) is 11.1. The average molecular weight is 321 g/mol. The Morgan fingerprint density at radius 1 is 1.30 bits per heavy atom. The van der Waals surface area contributed by atoms with E-state index in [-0.39, 0.29) is 12.5 Å².